The van der Waals surface area contributed by atoms with E-state index in [1.165, 1.54) is 33.2 Å². The van der Waals surface area contributed by atoms with Gasteiger partial charge in [-0.3, -0.25) is 4.57 Å². The van der Waals surface area contributed by atoms with Crippen LogP contribution in [-0.2, 0) is 5.41 Å². The molecule has 1 aliphatic rings. The van der Waals surface area contributed by atoms with Crippen LogP contribution in [0, 0.1) is 0 Å². The molecule has 0 radical (unpaired) electrons. The van der Waals surface area contributed by atoms with Gasteiger partial charge >= 0.3 is 0 Å². The smallest absolute Gasteiger partial charge is 0.238 e. The van der Waals surface area contributed by atoms with Crippen LogP contribution in [0.1, 0.15) is 38.8 Å². The third kappa shape index (κ3) is 5.94. The first-order valence-electron chi connectivity index (χ1n) is 21.6. The summed E-state index contributed by atoms with van der Waals surface area (Å²) >= 11 is 0. The van der Waals surface area contributed by atoms with E-state index in [0.717, 1.165) is 65.8 Å². The minimum absolute atomic E-state index is 0.0793. The summed E-state index contributed by atoms with van der Waals surface area (Å²) in [6.07, 6.45) is 0. The van der Waals surface area contributed by atoms with Gasteiger partial charge in [-0.05, 0) is 67.2 Å². The van der Waals surface area contributed by atoms with E-state index in [9.17, 15) is 0 Å². The first-order chi connectivity index (χ1) is 30.5. The summed E-state index contributed by atoms with van der Waals surface area (Å²) in [5.74, 6) is 1.82. The molecule has 0 bridgehead atoms. The van der Waals surface area contributed by atoms with E-state index < -0.39 is 0 Å². The molecule has 4 heteroatoms. The first kappa shape index (κ1) is 37.3. The van der Waals surface area contributed by atoms with Gasteiger partial charge < -0.3 is 0 Å². The monoisotopic (exact) mass is 796 g/mol. The minimum Gasteiger partial charge on any atom is -0.277 e. The van der Waals surface area contributed by atoms with Crippen LogP contribution in [0.5, 0.6) is 0 Å². The average Bonchev–Trinajstić information content (AvgIpc) is 3.81. The summed E-state index contributed by atoms with van der Waals surface area (Å²) < 4.78 is 2.31. The zero-order chi connectivity index (χ0) is 42.0. The number of para-hydroxylation sites is 1. The lowest BCUT2D eigenvalue weighted by molar-refractivity contribution is 0.660. The molecular formula is C58H44N4. The Morgan fingerprint density at radius 3 is 1.74 bits per heavy atom. The Bertz CT molecular complexity index is 3510. The zero-order valence-corrected chi connectivity index (χ0v) is 35.3. The maximum absolute atomic E-state index is 5.43. The molecule has 0 saturated heterocycles. The van der Waals surface area contributed by atoms with Gasteiger partial charge in [0.15, 0.2) is 11.6 Å². The molecule has 2 heterocycles. The second-order valence-electron chi connectivity index (χ2n) is 16.4. The molecule has 1 aliphatic carbocycles. The van der Waals surface area contributed by atoms with Gasteiger partial charge in [0.2, 0.25) is 5.95 Å². The highest BCUT2D eigenvalue weighted by Crippen LogP contribution is 2.50. The summed E-state index contributed by atoms with van der Waals surface area (Å²) in [4.78, 5) is 16.1. The predicted octanol–water partition coefficient (Wildman–Crippen LogP) is 15.3. The van der Waals surface area contributed by atoms with Crippen molar-refractivity contribution in [3.05, 3.63) is 205 Å². The minimum atomic E-state index is -0.0793. The second-order valence-corrected chi connectivity index (χ2v) is 16.4. The van der Waals surface area contributed by atoms with Crippen LogP contribution in [0.15, 0.2) is 194 Å². The fraction of sp³-hybridized carbons (Fsp3) is 0.0862. The van der Waals surface area contributed by atoms with Crippen molar-refractivity contribution in [2.24, 2.45) is 0 Å². The molecule has 0 N–H and O–H groups in total. The fourth-order valence-electron chi connectivity index (χ4n) is 9.64. The van der Waals surface area contributed by atoms with Crippen LogP contribution in [0.4, 0.5) is 0 Å². The van der Waals surface area contributed by atoms with E-state index >= 15 is 0 Å². The number of benzene rings is 9. The van der Waals surface area contributed by atoms with Crippen molar-refractivity contribution in [2.45, 2.75) is 33.1 Å². The molecule has 62 heavy (non-hydrogen) atoms. The molecule has 296 valence electrons. The predicted molar refractivity (Wildman–Crippen MR) is 260 cm³/mol. The molecule has 9 aromatic carbocycles. The van der Waals surface area contributed by atoms with Crippen molar-refractivity contribution in [1.29, 1.82) is 0 Å². The SMILES string of the molecule is CC.CC1(C)c2ccccc2-c2cc(-c3cccc4c5ccc6ccccc6c5n(-c5nc(-c6ccc(-c7ccccc7)cc6)nc(-c6ccc7ccccc7c6)n5)c34)ccc21. The molecular weight excluding hydrogens is 753 g/mol. The van der Waals surface area contributed by atoms with Crippen LogP contribution in [0.3, 0.4) is 0 Å². The Labute approximate surface area is 361 Å². The van der Waals surface area contributed by atoms with Crippen molar-refractivity contribution in [3.63, 3.8) is 0 Å². The zero-order valence-electron chi connectivity index (χ0n) is 35.3. The Morgan fingerprint density at radius 2 is 0.919 bits per heavy atom. The summed E-state index contributed by atoms with van der Waals surface area (Å²) in [7, 11) is 0. The number of aromatic nitrogens is 4. The van der Waals surface area contributed by atoms with Crippen LogP contribution < -0.4 is 0 Å². The molecule has 0 saturated carbocycles. The van der Waals surface area contributed by atoms with Crippen molar-refractivity contribution >= 4 is 43.4 Å². The van der Waals surface area contributed by atoms with Crippen molar-refractivity contribution in [3.8, 4) is 62.1 Å². The number of hydrogen-bond acceptors (Lipinski definition) is 3. The molecule has 0 fully saturated rings. The topological polar surface area (TPSA) is 43.6 Å². The van der Waals surface area contributed by atoms with Crippen LogP contribution >= 0.6 is 0 Å². The summed E-state index contributed by atoms with van der Waals surface area (Å²) in [5.41, 5.74) is 13.8. The number of nitrogens with zero attached hydrogens (tertiary/aromatic N) is 4. The van der Waals surface area contributed by atoms with Crippen molar-refractivity contribution in [2.75, 3.05) is 0 Å². The molecule has 0 spiro atoms. The van der Waals surface area contributed by atoms with Crippen LogP contribution in [0.25, 0.3) is 105 Å². The number of fused-ring (bicyclic) bond motifs is 9. The molecule has 4 nitrogen and oxygen atoms in total. The van der Waals surface area contributed by atoms with Crippen LogP contribution in [0.2, 0.25) is 0 Å². The Hall–Kier alpha value is -7.69. The van der Waals surface area contributed by atoms with Gasteiger partial charge in [-0.2, -0.15) is 9.97 Å². The van der Waals surface area contributed by atoms with Gasteiger partial charge in [-0.25, -0.2) is 4.98 Å². The molecule has 11 aromatic rings. The average molecular weight is 797 g/mol. The number of rotatable bonds is 5. The van der Waals surface area contributed by atoms with E-state index in [4.69, 9.17) is 15.0 Å². The lowest BCUT2D eigenvalue weighted by atomic mass is 9.82. The summed E-state index contributed by atoms with van der Waals surface area (Å²) in [5, 5.41) is 6.91. The lowest BCUT2D eigenvalue weighted by Crippen LogP contribution is -2.14. The molecule has 0 atom stereocenters. The van der Waals surface area contributed by atoms with E-state index in [-0.39, 0.29) is 5.41 Å². The normalized spacial score (nSPS) is 12.6. The lowest BCUT2D eigenvalue weighted by Gasteiger charge is -2.21. The molecule has 2 aromatic heterocycles. The maximum Gasteiger partial charge on any atom is 0.238 e. The maximum atomic E-state index is 5.43. The van der Waals surface area contributed by atoms with E-state index in [2.05, 4.69) is 206 Å². The van der Waals surface area contributed by atoms with Gasteiger partial charge in [-0.15, -0.1) is 0 Å². The number of hydrogen-bond donors (Lipinski definition) is 0. The highest BCUT2D eigenvalue weighted by molar-refractivity contribution is 6.21. The highest BCUT2D eigenvalue weighted by atomic mass is 15.2. The van der Waals surface area contributed by atoms with Gasteiger partial charge in [-0.1, -0.05) is 210 Å². The van der Waals surface area contributed by atoms with E-state index in [0.29, 0.717) is 17.6 Å². The molecule has 12 rings (SSSR count). The largest absolute Gasteiger partial charge is 0.277 e. The van der Waals surface area contributed by atoms with Gasteiger partial charge in [0.1, 0.15) is 0 Å². The third-order valence-corrected chi connectivity index (χ3v) is 12.6. The molecule has 0 unspecified atom stereocenters. The Morgan fingerprint density at radius 1 is 0.355 bits per heavy atom. The fourth-order valence-corrected chi connectivity index (χ4v) is 9.64. The van der Waals surface area contributed by atoms with Crippen molar-refractivity contribution < 1.29 is 0 Å². The van der Waals surface area contributed by atoms with E-state index in [1.54, 1.807) is 0 Å². The Kier molecular flexibility index (Phi) is 8.90. The molecule has 0 amide bonds. The Balaban J connectivity index is 0.00000213. The summed E-state index contributed by atoms with van der Waals surface area (Å²) in [6, 6.07) is 69.6. The second kappa shape index (κ2) is 14.8. The quantitative estimate of drug-likeness (QED) is 0.174. The standard InChI is InChI=1S/C56H38N4.C2H6/c1-56(2)49-22-11-10-19-45(49)48-34-41(30-32-50(48)56)44-20-12-21-46-47-31-29-38-16-8-9-18-43(38)51(47)60(52(44)46)55-58-53(39-26-23-37(24-27-39)35-13-4-3-5-14-35)57-54(59-55)42-28-25-36-15-6-7-17-40(36)33-42;1-2/h3-34H,1-2H3;1-2H3. The van der Waals surface area contributed by atoms with Gasteiger partial charge in [0.25, 0.3) is 0 Å². The highest BCUT2D eigenvalue weighted by Gasteiger charge is 2.35. The first-order valence-corrected chi connectivity index (χ1v) is 21.6. The third-order valence-electron chi connectivity index (χ3n) is 12.6. The van der Waals surface area contributed by atoms with E-state index in [1.807, 2.05) is 19.9 Å². The summed E-state index contributed by atoms with van der Waals surface area (Å²) in [6.45, 7) is 8.67. The van der Waals surface area contributed by atoms with Gasteiger partial charge in [0, 0.05) is 38.3 Å². The molecule has 0 aliphatic heterocycles. The van der Waals surface area contributed by atoms with Gasteiger partial charge in [0.05, 0.1) is 11.0 Å². The van der Waals surface area contributed by atoms with Crippen LogP contribution in [-0.4, -0.2) is 19.5 Å². The van der Waals surface area contributed by atoms with Crippen molar-refractivity contribution in [1.82, 2.24) is 19.5 Å².